The summed E-state index contributed by atoms with van der Waals surface area (Å²) in [6, 6.07) is 2.39. The highest BCUT2D eigenvalue weighted by Crippen LogP contribution is 2.27. The maximum Gasteiger partial charge on any atom is 0.301 e. The van der Waals surface area contributed by atoms with Gasteiger partial charge in [0.25, 0.3) is 0 Å². The van der Waals surface area contributed by atoms with Gasteiger partial charge in [-0.05, 0) is 12.8 Å². The van der Waals surface area contributed by atoms with Crippen molar-refractivity contribution in [3.05, 3.63) is 10.2 Å². The highest BCUT2D eigenvalue weighted by molar-refractivity contribution is 5.01. The summed E-state index contributed by atoms with van der Waals surface area (Å²) in [7, 11) is 0. The van der Waals surface area contributed by atoms with Gasteiger partial charge in [-0.3, -0.25) is 0 Å². The summed E-state index contributed by atoms with van der Waals surface area (Å²) in [5.74, 6) is 0.419. The lowest BCUT2D eigenvalue weighted by Gasteiger charge is -1.52. The van der Waals surface area contributed by atoms with Crippen molar-refractivity contribution in [2.45, 2.75) is 12.8 Å². The summed E-state index contributed by atoms with van der Waals surface area (Å²) >= 11 is 0. The normalized spacial score (nSPS) is 18.7. The number of rotatable bonds is 0. The van der Waals surface area contributed by atoms with Crippen LogP contribution in [0.15, 0.2) is 0 Å². The zero-order valence-corrected chi connectivity index (χ0v) is 3.35. The molecule has 0 N–H and O–H groups in total. The van der Waals surface area contributed by atoms with Gasteiger partial charge in [-0.25, -0.2) is 0 Å². The van der Waals surface area contributed by atoms with Crippen LogP contribution in [0.3, 0.4) is 0 Å². The van der Waals surface area contributed by atoms with Crippen LogP contribution in [0.4, 0.5) is 0 Å². The van der Waals surface area contributed by atoms with E-state index in [0.717, 1.165) is 12.8 Å². The molecule has 0 aromatic carbocycles. The first-order valence-corrected chi connectivity index (χ1v) is 2.01. The zero-order chi connectivity index (χ0) is 4.41. The van der Waals surface area contributed by atoms with Crippen LogP contribution in [-0.2, 0) is 0 Å². The van der Waals surface area contributed by atoms with Gasteiger partial charge >= 0.3 is 6.07 Å². The van der Waals surface area contributed by atoms with E-state index in [1.807, 2.05) is 0 Å². The maximum absolute atomic E-state index is 9.29. The van der Waals surface area contributed by atoms with Gasteiger partial charge in [0.2, 0.25) is 0 Å². The van der Waals surface area contributed by atoms with Crippen molar-refractivity contribution in [2.75, 3.05) is 0 Å². The second-order valence-corrected chi connectivity index (χ2v) is 1.49. The van der Waals surface area contributed by atoms with Gasteiger partial charge in [-0.2, -0.15) is 0 Å². The van der Waals surface area contributed by atoms with Crippen molar-refractivity contribution >= 4 is 0 Å². The van der Waals surface area contributed by atoms with Crippen LogP contribution in [-0.4, -0.2) is 0 Å². The molecule has 2 heteroatoms. The molecule has 1 saturated carbocycles. The molecule has 1 aliphatic carbocycles. The van der Waals surface area contributed by atoms with E-state index < -0.39 is 0 Å². The van der Waals surface area contributed by atoms with Crippen molar-refractivity contribution in [3.8, 4) is 6.07 Å². The van der Waals surface area contributed by atoms with Crippen LogP contribution in [0.2, 0.25) is 0 Å². The lowest BCUT2D eigenvalue weighted by molar-refractivity contribution is 1.18. The average molecular weight is 83.1 g/mol. The van der Waals surface area contributed by atoms with Crippen molar-refractivity contribution in [2.24, 2.45) is 5.92 Å². The Hall–Kier alpha value is -0.710. The molecule has 0 aliphatic heterocycles. The van der Waals surface area contributed by atoms with Crippen LogP contribution in [0.1, 0.15) is 12.8 Å². The van der Waals surface area contributed by atoms with Gasteiger partial charge in [-0.1, -0.05) is 0 Å². The zero-order valence-electron chi connectivity index (χ0n) is 3.35. The number of nitrogens with zero attached hydrogens (tertiary/aromatic N) is 1. The molecule has 0 unspecified atom stereocenters. The molecule has 0 aromatic heterocycles. The van der Waals surface area contributed by atoms with E-state index in [0.29, 0.717) is 5.92 Å². The third-order valence-corrected chi connectivity index (χ3v) is 0.813. The molecule has 1 rings (SSSR count). The fraction of sp³-hybridized carbons (Fsp3) is 0.750. The van der Waals surface area contributed by atoms with E-state index in [4.69, 9.17) is 0 Å². The Morgan fingerprint density at radius 2 is 2.33 bits per heavy atom. The molecule has 1 aliphatic rings. The first kappa shape index (κ1) is 3.48. The minimum atomic E-state index is 0.419. The molecule has 0 heterocycles. The van der Waals surface area contributed by atoms with E-state index in [-0.39, 0.29) is 0 Å². The SMILES string of the molecule is [O-][N+]#CC1CC1. The van der Waals surface area contributed by atoms with Gasteiger partial charge < -0.3 is 5.21 Å². The first-order valence-electron chi connectivity index (χ1n) is 2.01. The topological polar surface area (TPSA) is 27.4 Å². The number of hydrogen-bond donors (Lipinski definition) is 0. The van der Waals surface area contributed by atoms with E-state index >= 15 is 0 Å². The Morgan fingerprint density at radius 3 is 2.50 bits per heavy atom. The van der Waals surface area contributed by atoms with Crippen molar-refractivity contribution in [1.82, 2.24) is 0 Å². The second kappa shape index (κ2) is 1.17. The lowest BCUT2D eigenvalue weighted by Crippen LogP contribution is -1.54. The summed E-state index contributed by atoms with van der Waals surface area (Å²) in [5.41, 5.74) is 0. The lowest BCUT2D eigenvalue weighted by atomic mass is 10.5. The average Bonchev–Trinajstić information content (AvgIpc) is 2.21. The molecular formula is C4H5NO. The molecular weight excluding hydrogens is 78.0 g/mol. The largest absolute Gasteiger partial charge is 0.498 e. The fourth-order valence-electron chi connectivity index (χ4n) is 0.287. The van der Waals surface area contributed by atoms with E-state index in [9.17, 15) is 5.21 Å². The number of hydrogen-bond acceptors (Lipinski definition) is 1. The minimum absolute atomic E-state index is 0.419. The van der Waals surface area contributed by atoms with Crippen LogP contribution in [0.5, 0.6) is 0 Å². The summed E-state index contributed by atoms with van der Waals surface area (Å²) in [4.78, 5) is 0. The maximum atomic E-state index is 9.29. The van der Waals surface area contributed by atoms with Crippen molar-refractivity contribution in [1.29, 1.82) is 0 Å². The Morgan fingerprint density at radius 1 is 1.67 bits per heavy atom. The summed E-state index contributed by atoms with van der Waals surface area (Å²) < 4.78 is 0. The highest BCUT2D eigenvalue weighted by atomic mass is 16.4. The van der Waals surface area contributed by atoms with Gasteiger partial charge in [-0.15, -0.1) is 0 Å². The molecule has 0 aromatic rings. The molecule has 0 bridgehead atoms. The Kier molecular flexibility index (Phi) is 0.681. The molecule has 0 saturated heterocycles. The Balaban J connectivity index is 2.27. The summed E-state index contributed by atoms with van der Waals surface area (Å²) in [6.07, 6.45) is 2.23. The molecule has 0 spiro atoms. The molecule has 6 heavy (non-hydrogen) atoms. The first-order chi connectivity index (χ1) is 2.93. The van der Waals surface area contributed by atoms with E-state index in [1.165, 1.54) is 0 Å². The molecule has 0 atom stereocenters. The third-order valence-electron chi connectivity index (χ3n) is 0.813. The summed E-state index contributed by atoms with van der Waals surface area (Å²) in [6.45, 7) is 0. The minimum Gasteiger partial charge on any atom is -0.498 e. The van der Waals surface area contributed by atoms with Crippen LogP contribution in [0.25, 0.3) is 5.01 Å². The molecule has 2 nitrogen and oxygen atoms in total. The predicted molar refractivity (Wildman–Crippen MR) is 23.3 cm³/mol. The van der Waals surface area contributed by atoms with Gasteiger partial charge in [0.05, 0.1) is 5.92 Å². The van der Waals surface area contributed by atoms with Crippen molar-refractivity contribution in [3.63, 3.8) is 0 Å². The molecule has 32 valence electrons. The van der Waals surface area contributed by atoms with Crippen LogP contribution < -0.4 is 0 Å². The fourth-order valence-corrected chi connectivity index (χ4v) is 0.287. The predicted octanol–water partition coefficient (Wildman–Crippen LogP) is 1.23. The van der Waals surface area contributed by atoms with Gasteiger partial charge in [0.15, 0.2) is 0 Å². The van der Waals surface area contributed by atoms with Crippen molar-refractivity contribution < 1.29 is 0 Å². The van der Waals surface area contributed by atoms with E-state index in [2.05, 4.69) is 11.1 Å². The second-order valence-electron chi connectivity index (χ2n) is 1.49. The van der Waals surface area contributed by atoms with Crippen LogP contribution in [0, 0.1) is 17.2 Å². The quantitative estimate of drug-likeness (QED) is 0.404. The van der Waals surface area contributed by atoms with Gasteiger partial charge in [0.1, 0.15) is 0 Å². The third kappa shape index (κ3) is 0.617. The monoisotopic (exact) mass is 83.0 g/mol. The van der Waals surface area contributed by atoms with Crippen LogP contribution >= 0.6 is 0 Å². The summed E-state index contributed by atoms with van der Waals surface area (Å²) in [5, 5.41) is 11.8. The smallest absolute Gasteiger partial charge is 0.301 e. The molecule has 0 amide bonds. The molecule has 1 fully saturated rings. The Bertz CT molecular complexity index is 95.9. The standard InChI is InChI=1S/C4H5NO/c6-5-3-4-1-2-4/h4H,1-2H2. The van der Waals surface area contributed by atoms with Gasteiger partial charge in [0, 0.05) is 5.01 Å². The molecule has 0 radical (unpaired) electrons. The van der Waals surface area contributed by atoms with E-state index in [1.54, 1.807) is 0 Å². The Labute approximate surface area is 36.2 Å². The highest BCUT2D eigenvalue weighted by Gasteiger charge is 2.24.